The maximum Gasteiger partial charge on any atom is 0.0932 e. The first-order valence-corrected chi connectivity index (χ1v) is 23.7. The van der Waals surface area contributed by atoms with E-state index in [1.54, 1.807) is 10.8 Å². The molecule has 2 aromatic heterocycles. The summed E-state index contributed by atoms with van der Waals surface area (Å²) in [5, 5.41) is 1.34. The zero-order valence-electron chi connectivity index (χ0n) is 24.9. The molecule has 2 nitrogen and oxygen atoms in total. The van der Waals surface area contributed by atoms with Crippen molar-refractivity contribution in [3.63, 3.8) is 0 Å². The molecular weight excluding hydrogens is 542 g/mol. The number of rotatable bonds is 7. The molecule has 7 rings (SSSR count). The van der Waals surface area contributed by atoms with Crippen molar-refractivity contribution in [2.45, 2.75) is 82.1 Å². The number of hydrogen-bond donors (Lipinski definition) is 0. The van der Waals surface area contributed by atoms with Gasteiger partial charge in [-0.1, -0.05) is 68.3 Å². The van der Waals surface area contributed by atoms with Crippen LogP contribution in [0.2, 0.25) is 44.8 Å². The molecule has 0 saturated heterocycles. The number of allylic oxidation sites excluding steroid dienone is 4. The molecule has 5 aliphatic carbocycles. The molecule has 0 spiro atoms. The van der Waals surface area contributed by atoms with Crippen LogP contribution < -0.4 is 0 Å². The van der Waals surface area contributed by atoms with E-state index in [1.165, 1.54) is 38.3 Å². The Kier molecular flexibility index (Phi) is 7.11. The summed E-state index contributed by atoms with van der Waals surface area (Å²) < 4.78 is 0. The van der Waals surface area contributed by atoms with Gasteiger partial charge in [-0.15, -0.1) is 18.5 Å². The molecule has 0 N–H and O–H groups in total. The van der Waals surface area contributed by atoms with Gasteiger partial charge in [-0.25, -0.2) is 0 Å². The summed E-state index contributed by atoms with van der Waals surface area (Å²) in [4.78, 5) is 10.1. The predicted octanol–water partition coefficient (Wildman–Crippen LogP) is 8.74. The van der Waals surface area contributed by atoms with E-state index in [9.17, 15) is 0 Å². The Morgan fingerprint density at radius 1 is 0.872 bits per heavy atom. The van der Waals surface area contributed by atoms with Crippen molar-refractivity contribution >= 4 is 34.6 Å². The van der Waals surface area contributed by atoms with Crippen LogP contribution in [0.1, 0.15) is 43.5 Å². The molecule has 6 atom stereocenters. The van der Waals surface area contributed by atoms with Gasteiger partial charge in [0.25, 0.3) is 0 Å². The van der Waals surface area contributed by atoms with E-state index in [2.05, 4.69) is 100 Å². The molecule has 2 heterocycles. The van der Waals surface area contributed by atoms with Gasteiger partial charge >= 0.3 is 0 Å². The van der Waals surface area contributed by atoms with Gasteiger partial charge in [-0.05, 0) is 103 Å². The Balaban J connectivity index is 1.71. The van der Waals surface area contributed by atoms with E-state index in [0.717, 1.165) is 35.1 Å². The van der Waals surface area contributed by atoms with Gasteiger partial charge in [-0.2, -0.15) is 0 Å². The van der Waals surface area contributed by atoms with Gasteiger partial charge < -0.3 is 0 Å². The first-order valence-electron chi connectivity index (χ1n) is 15.2. The van der Waals surface area contributed by atoms with Crippen molar-refractivity contribution in [3.8, 4) is 0 Å². The van der Waals surface area contributed by atoms with Crippen LogP contribution in [0.4, 0.5) is 0 Å². The number of nitrogens with zero attached hydrogens (tertiary/aromatic N) is 2. The minimum Gasteiger partial charge on any atom is -0.260 e. The lowest BCUT2D eigenvalue weighted by Gasteiger charge is -2.64. The van der Waals surface area contributed by atoms with Crippen molar-refractivity contribution in [1.82, 2.24) is 9.97 Å². The van der Waals surface area contributed by atoms with E-state index < -0.39 is 21.3 Å². The van der Waals surface area contributed by atoms with Crippen LogP contribution >= 0.6 is 18.5 Å². The highest BCUT2D eigenvalue weighted by atomic mass is 31.0. The normalized spacial score (nSPS) is 32.6. The zero-order valence-corrected chi connectivity index (χ0v) is 29.2. The lowest BCUT2D eigenvalue weighted by Crippen LogP contribution is -2.56. The largest absolute Gasteiger partial charge is 0.260 e. The summed E-state index contributed by atoms with van der Waals surface area (Å²) in [6.45, 7) is 15.7. The van der Waals surface area contributed by atoms with Crippen LogP contribution in [0.3, 0.4) is 0 Å². The lowest BCUT2D eigenvalue weighted by molar-refractivity contribution is -0.0791. The summed E-state index contributed by atoms with van der Waals surface area (Å²) in [6, 6.07) is 12.9. The van der Waals surface area contributed by atoms with Crippen LogP contribution in [0.15, 0.2) is 71.2 Å². The molecule has 0 amide bonds. The van der Waals surface area contributed by atoms with Gasteiger partial charge in [0.2, 0.25) is 0 Å². The third-order valence-electron chi connectivity index (χ3n) is 10.8. The molecule has 2 aromatic rings. The summed E-state index contributed by atoms with van der Waals surface area (Å²) >= 11 is 0. The predicted molar refractivity (Wildman–Crippen MR) is 179 cm³/mol. The Morgan fingerprint density at radius 3 is 1.87 bits per heavy atom. The van der Waals surface area contributed by atoms with Crippen LogP contribution in [0.5, 0.6) is 0 Å². The van der Waals surface area contributed by atoms with Crippen LogP contribution in [-0.2, 0) is 5.16 Å². The number of pyridine rings is 2. The highest BCUT2D eigenvalue weighted by molar-refractivity contribution is 7.19. The van der Waals surface area contributed by atoms with Crippen molar-refractivity contribution in [3.05, 3.63) is 82.6 Å². The van der Waals surface area contributed by atoms with Crippen molar-refractivity contribution in [2.24, 2.45) is 29.1 Å². The average molecular weight is 591 g/mol. The first kappa shape index (κ1) is 28.2. The fourth-order valence-corrected chi connectivity index (χ4v) is 17.6. The molecule has 4 fully saturated rings. The molecule has 0 aliphatic heterocycles. The molecule has 6 heteroatoms. The summed E-state index contributed by atoms with van der Waals surface area (Å²) in [5.41, 5.74) is 6.52. The fourth-order valence-electron chi connectivity index (χ4n) is 9.64. The van der Waals surface area contributed by atoms with E-state index in [-0.39, 0.29) is 0 Å². The van der Waals surface area contributed by atoms with Gasteiger partial charge in [-0.3, -0.25) is 9.97 Å². The van der Waals surface area contributed by atoms with Crippen molar-refractivity contribution in [1.29, 1.82) is 0 Å². The van der Waals surface area contributed by atoms with Crippen molar-refractivity contribution < 1.29 is 0 Å². The second-order valence-electron chi connectivity index (χ2n) is 15.3. The van der Waals surface area contributed by atoms with Gasteiger partial charge in [0.05, 0.1) is 32.7 Å². The summed E-state index contributed by atoms with van der Waals surface area (Å²) in [7, 11) is 3.34. The zero-order chi connectivity index (χ0) is 27.8. The van der Waals surface area contributed by atoms with Gasteiger partial charge in [0, 0.05) is 12.4 Å². The Hall–Kier alpha value is -0.926. The van der Waals surface area contributed by atoms with Gasteiger partial charge in [0.1, 0.15) is 0 Å². The quantitative estimate of drug-likeness (QED) is 0.238. The van der Waals surface area contributed by atoms with Gasteiger partial charge in [0.15, 0.2) is 0 Å². The van der Waals surface area contributed by atoms with E-state index in [1.807, 2.05) is 18.0 Å². The minimum atomic E-state index is -1.63. The first-order chi connectivity index (χ1) is 18.4. The standard InChI is InChI=1S/C33H48N2P2Si2/c1-38(2,3)27-18-25(33(37,28-11-7-9-13-34-28)29-12-8-10-14-35-29)30(31(27)39(4,5)6)32-19-22-15-23(20-32)17-24(16-22)26(32)21-36/h7-14,18,22-24,26,31H,15-17,19-21,36-37H2,1-6H3. The molecule has 4 saturated carbocycles. The highest BCUT2D eigenvalue weighted by Crippen LogP contribution is 2.71. The molecule has 39 heavy (non-hydrogen) atoms. The smallest absolute Gasteiger partial charge is 0.0932 e. The maximum atomic E-state index is 5.06. The molecule has 208 valence electrons. The fraction of sp³-hybridized carbons (Fsp3) is 0.576. The monoisotopic (exact) mass is 590 g/mol. The van der Waals surface area contributed by atoms with Crippen LogP contribution in [0.25, 0.3) is 0 Å². The molecule has 4 bridgehead atoms. The van der Waals surface area contributed by atoms with E-state index in [0.29, 0.717) is 11.0 Å². The second-order valence-corrected chi connectivity index (χ2v) is 27.0. The van der Waals surface area contributed by atoms with E-state index >= 15 is 0 Å². The van der Waals surface area contributed by atoms with E-state index in [4.69, 9.17) is 9.97 Å². The topological polar surface area (TPSA) is 25.8 Å². The summed E-state index contributed by atoms with van der Waals surface area (Å²) in [5.74, 6) is 3.48. The second kappa shape index (κ2) is 9.83. The number of hydrogen-bond acceptors (Lipinski definition) is 2. The third kappa shape index (κ3) is 4.46. The maximum absolute atomic E-state index is 5.06. The highest BCUT2D eigenvalue weighted by Gasteiger charge is 2.62. The molecule has 5 aliphatic rings. The Labute approximate surface area is 243 Å². The van der Waals surface area contributed by atoms with Crippen molar-refractivity contribution in [2.75, 3.05) is 6.16 Å². The molecule has 0 radical (unpaired) electrons. The molecule has 0 aromatic carbocycles. The average Bonchev–Trinajstić information content (AvgIpc) is 3.33. The molecular formula is C33H48N2P2Si2. The Bertz CT molecular complexity index is 1240. The minimum absolute atomic E-state index is 0.306. The number of aromatic nitrogens is 2. The SMILES string of the molecule is C[Si](C)(C)C1=CC(C(P)(c2ccccn2)c2ccccn2)=C(C23CC4CC(CC(C4)C2CP)C3)C1[Si](C)(C)C. The Morgan fingerprint density at radius 2 is 1.44 bits per heavy atom. The van der Waals surface area contributed by atoms with Crippen LogP contribution in [0, 0.1) is 29.1 Å². The summed E-state index contributed by atoms with van der Waals surface area (Å²) in [6.07, 6.45) is 15.1. The lowest BCUT2D eigenvalue weighted by atomic mass is 9.43. The molecule has 6 unspecified atom stereocenters. The van der Waals surface area contributed by atoms with Crippen LogP contribution in [-0.4, -0.2) is 32.3 Å². The third-order valence-corrected chi connectivity index (χ3v) is 17.0.